The Balaban J connectivity index is 2.20. The molecule has 0 aliphatic carbocycles. The van der Waals surface area contributed by atoms with Gasteiger partial charge in [0.05, 0.1) is 22.0 Å². The van der Waals surface area contributed by atoms with Crippen LogP contribution in [0.4, 0.5) is 11.4 Å². The Morgan fingerprint density at radius 2 is 1.89 bits per heavy atom. The van der Waals surface area contributed by atoms with Gasteiger partial charge in [-0.05, 0) is 46.9 Å². The third kappa shape index (κ3) is 5.16. The summed E-state index contributed by atoms with van der Waals surface area (Å²) in [5, 5.41) is 14.5. The summed E-state index contributed by atoms with van der Waals surface area (Å²) in [7, 11) is -2.48. The molecule has 9 nitrogen and oxygen atoms in total. The van der Waals surface area contributed by atoms with Crippen LogP contribution >= 0.6 is 0 Å². The predicted octanol–water partition coefficient (Wildman–Crippen LogP) is 1.80. The van der Waals surface area contributed by atoms with Crippen molar-refractivity contribution in [3.8, 4) is 0 Å². The van der Waals surface area contributed by atoms with Crippen LogP contribution in [-0.4, -0.2) is 62.7 Å². The molecule has 0 spiro atoms. The first-order valence-corrected chi connectivity index (χ1v) is 10.3. The first-order valence-electron chi connectivity index (χ1n) is 8.82. The van der Waals surface area contributed by atoms with Crippen LogP contribution in [0.15, 0.2) is 23.1 Å². The second kappa shape index (κ2) is 8.09. The van der Waals surface area contributed by atoms with Crippen molar-refractivity contribution in [2.45, 2.75) is 50.3 Å². The summed E-state index contributed by atoms with van der Waals surface area (Å²) < 4.78 is 31.7. The van der Waals surface area contributed by atoms with E-state index < -0.39 is 14.9 Å². The van der Waals surface area contributed by atoms with Gasteiger partial charge in [-0.15, -0.1) is 0 Å². The van der Waals surface area contributed by atoms with Crippen LogP contribution in [0.2, 0.25) is 0 Å². The van der Waals surface area contributed by atoms with E-state index >= 15 is 0 Å². The SMILES string of the molecule is CNS(=O)(=O)c1ccc(NCC(C)(C)N2C[C@H](C)O[C@@H](C)C2)c([N+](=O)[O-])c1. The second-order valence-corrected chi connectivity index (χ2v) is 9.36. The van der Waals surface area contributed by atoms with Crippen molar-refractivity contribution < 1.29 is 18.1 Å². The van der Waals surface area contributed by atoms with E-state index in [2.05, 4.69) is 28.8 Å². The normalized spacial score (nSPS) is 21.8. The minimum atomic E-state index is -3.75. The molecule has 27 heavy (non-hydrogen) atoms. The van der Waals surface area contributed by atoms with E-state index in [-0.39, 0.29) is 34.0 Å². The Morgan fingerprint density at radius 3 is 2.41 bits per heavy atom. The Labute approximate surface area is 160 Å². The summed E-state index contributed by atoms with van der Waals surface area (Å²) in [5.74, 6) is 0. The zero-order valence-electron chi connectivity index (χ0n) is 16.4. The van der Waals surface area contributed by atoms with E-state index in [9.17, 15) is 18.5 Å². The molecule has 2 N–H and O–H groups in total. The number of morpholine rings is 1. The molecule has 10 heteroatoms. The molecule has 152 valence electrons. The van der Waals surface area contributed by atoms with Gasteiger partial charge in [-0.2, -0.15) is 0 Å². The number of ether oxygens (including phenoxy) is 1. The molecule has 1 saturated heterocycles. The maximum Gasteiger partial charge on any atom is 0.293 e. The lowest BCUT2D eigenvalue weighted by molar-refractivity contribution is -0.384. The summed E-state index contributed by atoms with van der Waals surface area (Å²) in [6, 6.07) is 3.86. The van der Waals surface area contributed by atoms with Crippen molar-refractivity contribution >= 4 is 21.4 Å². The first kappa shape index (κ1) is 21.5. The van der Waals surface area contributed by atoms with Gasteiger partial charge in [0.15, 0.2) is 0 Å². The fraction of sp³-hybridized carbons (Fsp3) is 0.647. The number of hydrogen-bond donors (Lipinski definition) is 2. The van der Waals surface area contributed by atoms with Crippen molar-refractivity contribution in [3.05, 3.63) is 28.3 Å². The Bertz CT molecular complexity index is 787. The molecule has 0 saturated carbocycles. The zero-order valence-corrected chi connectivity index (χ0v) is 17.2. The van der Waals surface area contributed by atoms with Gasteiger partial charge in [0.25, 0.3) is 5.69 Å². The van der Waals surface area contributed by atoms with Gasteiger partial charge in [0.2, 0.25) is 10.0 Å². The lowest BCUT2D eigenvalue weighted by atomic mass is 10.00. The summed E-state index contributed by atoms with van der Waals surface area (Å²) in [6.45, 7) is 10.2. The number of hydrogen-bond acceptors (Lipinski definition) is 7. The van der Waals surface area contributed by atoms with Crippen LogP contribution in [-0.2, 0) is 14.8 Å². The molecule has 1 aliphatic rings. The monoisotopic (exact) mass is 400 g/mol. The van der Waals surface area contributed by atoms with Gasteiger partial charge >= 0.3 is 0 Å². The topological polar surface area (TPSA) is 114 Å². The van der Waals surface area contributed by atoms with Gasteiger partial charge in [-0.1, -0.05) is 0 Å². The summed E-state index contributed by atoms with van der Waals surface area (Å²) >= 11 is 0. The number of nitro benzene ring substituents is 1. The third-order valence-corrected chi connectivity index (χ3v) is 6.14. The van der Waals surface area contributed by atoms with Gasteiger partial charge in [-0.25, -0.2) is 13.1 Å². The molecule has 2 atom stereocenters. The van der Waals surface area contributed by atoms with Crippen molar-refractivity contribution in [2.24, 2.45) is 0 Å². The molecule has 0 unspecified atom stereocenters. The smallest absolute Gasteiger partial charge is 0.293 e. The lowest BCUT2D eigenvalue weighted by Gasteiger charge is -2.45. The first-order chi connectivity index (χ1) is 12.5. The fourth-order valence-electron chi connectivity index (χ4n) is 3.19. The molecular weight excluding hydrogens is 372 g/mol. The summed E-state index contributed by atoms with van der Waals surface area (Å²) in [5.41, 5.74) is -0.251. The number of nitrogens with zero attached hydrogens (tertiary/aromatic N) is 2. The number of rotatable bonds is 7. The van der Waals surface area contributed by atoms with Crippen LogP contribution in [0.25, 0.3) is 0 Å². The fourth-order valence-corrected chi connectivity index (χ4v) is 3.94. The minimum absolute atomic E-state index is 0.119. The highest BCUT2D eigenvalue weighted by Crippen LogP contribution is 2.29. The maximum absolute atomic E-state index is 11.9. The summed E-state index contributed by atoms with van der Waals surface area (Å²) in [4.78, 5) is 13.0. The van der Waals surface area contributed by atoms with Gasteiger partial charge < -0.3 is 10.1 Å². The van der Waals surface area contributed by atoms with Crippen LogP contribution < -0.4 is 10.0 Å². The van der Waals surface area contributed by atoms with Crippen molar-refractivity contribution in [1.82, 2.24) is 9.62 Å². The number of anilines is 1. The molecule has 1 fully saturated rings. The van der Waals surface area contributed by atoms with Crippen molar-refractivity contribution in [1.29, 1.82) is 0 Å². The Hall–Kier alpha value is -1.75. The molecule has 1 aromatic carbocycles. The maximum atomic E-state index is 11.9. The zero-order chi connectivity index (χ0) is 20.4. The van der Waals surface area contributed by atoms with E-state index in [1.54, 1.807) is 0 Å². The highest BCUT2D eigenvalue weighted by molar-refractivity contribution is 7.89. The molecule has 0 radical (unpaired) electrons. The van der Waals surface area contributed by atoms with Crippen LogP contribution in [0, 0.1) is 10.1 Å². The molecule has 0 aromatic heterocycles. The molecule has 2 rings (SSSR count). The van der Waals surface area contributed by atoms with E-state index in [1.807, 2.05) is 13.8 Å². The van der Waals surface area contributed by atoms with E-state index in [0.717, 1.165) is 19.2 Å². The van der Waals surface area contributed by atoms with Crippen LogP contribution in [0.5, 0.6) is 0 Å². The average molecular weight is 401 g/mol. The van der Waals surface area contributed by atoms with E-state index in [1.165, 1.54) is 19.2 Å². The molecule has 1 aliphatic heterocycles. The van der Waals surface area contributed by atoms with E-state index in [0.29, 0.717) is 6.54 Å². The van der Waals surface area contributed by atoms with Crippen molar-refractivity contribution in [3.63, 3.8) is 0 Å². The van der Waals surface area contributed by atoms with E-state index in [4.69, 9.17) is 4.74 Å². The van der Waals surface area contributed by atoms with Gasteiger partial charge in [-0.3, -0.25) is 15.0 Å². The average Bonchev–Trinajstić information content (AvgIpc) is 2.59. The number of benzene rings is 1. The Kier molecular flexibility index (Phi) is 6.46. The molecular formula is C17H28N4O5S. The molecule has 1 aromatic rings. The second-order valence-electron chi connectivity index (χ2n) is 7.47. The highest BCUT2D eigenvalue weighted by atomic mass is 32.2. The minimum Gasteiger partial charge on any atom is -0.378 e. The number of sulfonamides is 1. The number of nitrogens with one attached hydrogen (secondary N) is 2. The third-order valence-electron chi connectivity index (χ3n) is 4.73. The standard InChI is InChI=1S/C17H28N4O5S/c1-12-9-20(10-13(2)26-12)17(3,4)11-19-15-7-6-14(27(24,25)18-5)8-16(15)21(22)23/h6-8,12-13,18-19H,9-11H2,1-5H3/t12-,13-/m0/s1. The van der Waals surface area contributed by atoms with Crippen LogP contribution in [0.3, 0.4) is 0 Å². The van der Waals surface area contributed by atoms with Crippen LogP contribution in [0.1, 0.15) is 27.7 Å². The largest absolute Gasteiger partial charge is 0.378 e. The predicted molar refractivity (Wildman–Crippen MR) is 103 cm³/mol. The lowest BCUT2D eigenvalue weighted by Crippen LogP contribution is -2.57. The molecule has 0 bridgehead atoms. The quantitative estimate of drug-likeness (QED) is 0.530. The number of nitro groups is 1. The molecule has 1 heterocycles. The molecule has 0 amide bonds. The Morgan fingerprint density at radius 1 is 1.30 bits per heavy atom. The van der Waals surface area contributed by atoms with Gasteiger partial charge in [0.1, 0.15) is 5.69 Å². The highest BCUT2D eigenvalue weighted by Gasteiger charge is 2.33. The van der Waals surface area contributed by atoms with Crippen molar-refractivity contribution in [2.75, 3.05) is 32.0 Å². The summed E-state index contributed by atoms with van der Waals surface area (Å²) in [6.07, 6.45) is 0.238. The van der Waals surface area contributed by atoms with Gasteiger partial charge in [0, 0.05) is 31.2 Å².